The number of rotatable bonds is 7. The topological polar surface area (TPSA) is 63.9 Å². The van der Waals surface area contributed by atoms with Gasteiger partial charge in [-0.15, -0.1) is 0 Å². The molecule has 6 nitrogen and oxygen atoms in total. The first-order valence-electron chi connectivity index (χ1n) is 9.56. The van der Waals surface area contributed by atoms with Crippen LogP contribution in [0.5, 0.6) is 5.75 Å². The second-order valence-corrected chi connectivity index (χ2v) is 6.77. The zero-order valence-corrected chi connectivity index (χ0v) is 15.7. The van der Waals surface area contributed by atoms with Gasteiger partial charge >= 0.3 is 0 Å². The van der Waals surface area contributed by atoms with Crippen LogP contribution in [0.3, 0.4) is 0 Å². The van der Waals surface area contributed by atoms with Crippen molar-refractivity contribution >= 4 is 16.7 Å². The molecule has 1 amide bonds. The second kappa shape index (κ2) is 8.91. The standard InChI is InChI=1S/C22H24N2O4/c25-22(23-9-10-24-11-13-26-14-12-24)21-8-7-20(28-21)16-27-19-6-5-17-3-1-2-4-18(17)15-19/h1-8,15H,9-14,16H2,(H,23,25). The number of carbonyl (C=O) groups excluding carboxylic acids is 1. The Morgan fingerprint density at radius 1 is 1.04 bits per heavy atom. The number of amides is 1. The third-order valence-electron chi connectivity index (χ3n) is 4.80. The zero-order chi connectivity index (χ0) is 19.2. The lowest BCUT2D eigenvalue weighted by molar-refractivity contribution is 0.0382. The van der Waals surface area contributed by atoms with Gasteiger partial charge in [0.05, 0.1) is 13.2 Å². The van der Waals surface area contributed by atoms with Crippen LogP contribution in [-0.4, -0.2) is 50.2 Å². The van der Waals surface area contributed by atoms with Gasteiger partial charge in [-0.1, -0.05) is 30.3 Å². The molecule has 1 aliphatic rings. The fraction of sp³-hybridized carbons (Fsp3) is 0.318. The molecule has 0 atom stereocenters. The summed E-state index contributed by atoms with van der Waals surface area (Å²) in [6, 6.07) is 17.6. The molecule has 2 heterocycles. The van der Waals surface area contributed by atoms with Crippen LogP contribution in [0.4, 0.5) is 0 Å². The minimum Gasteiger partial charge on any atom is -0.486 e. The molecule has 0 radical (unpaired) electrons. The second-order valence-electron chi connectivity index (χ2n) is 6.77. The van der Waals surface area contributed by atoms with E-state index < -0.39 is 0 Å². The number of ether oxygens (including phenoxy) is 2. The van der Waals surface area contributed by atoms with Crippen molar-refractivity contribution in [3.05, 3.63) is 66.1 Å². The van der Waals surface area contributed by atoms with Gasteiger partial charge in [0.2, 0.25) is 0 Å². The van der Waals surface area contributed by atoms with Gasteiger partial charge in [0, 0.05) is 26.2 Å². The summed E-state index contributed by atoms with van der Waals surface area (Å²) in [5, 5.41) is 5.19. The highest BCUT2D eigenvalue weighted by molar-refractivity contribution is 5.91. The number of hydrogen-bond acceptors (Lipinski definition) is 5. The van der Waals surface area contributed by atoms with Crippen LogP contribution in [-0.2, 0) is 11.3 Å². The largest absolute Gasteiger partial charge is 0.486 e. The molecule has 2 aromatic carbocycles. The molecule has 4 rings (SSSR count). The fourth-order valence-corrected chi connectivity index (χ4v) is 3.23. The lowest BCUT2D eigenvalue weighted by atomic mass is 10.1. The van der Waals surface area contributed by atoms with E-state index in [1.165, 1.54) is 5.39 Å². The predicted octanol–water partition coefficient (Wildman–Crippen LogP) is 3.07. The normalized spacial score (nSPS) is 14.9. The van der Waals surface area contributed by atoms with E-state index in [-0.39, 0.29) is 12.5 Å². The van der Waals surface area contributed by atoms with Gasteiger partial charge in [0.25, 0.3) is 5.91 Å². The van der Waals surface area contributed by atoms with Crippen molar-refractivity contribution < 1.29 is 18.7 Å². The summed E-state index contributed by atoms with van der Waals surface area (Å²) < 4.78 is 16.8. The van der Waals surface area contributed by atoms with Crippen molar-refractivity contribution in [2.75, 3.05) is 39.4 Å². The number of fused-ring (bicyclic) bond motifs is 1. The average molecular weight is 380 g/mol. The maximum atomic E-state index is 12.2. The predicted molar refractivity (Wildman–Crippen MR) is 107 cm³/mol. The highest BCUT2D eigenvalue weighted by Crippen LogP contribution is 2.21. The molecule has 6 heteroatoms. The molecule has 0 aliphatic carbocycles. The molecule has 0 bridgehead atoms. The lowest BCUT2D eigenvalue weighted by Crippen LogP contribution is -2.41. The summed E-state index contributed by atoms with van der Waals surface area (Å²) in [6.07, 6.45) is 0. The molecule has 1 aromatic heterocycles. The van der Waals surface area contributed by atoms with Crippen LogP contribution < -0.4 is 10.1 Å². The van der Waals surface area contributed by atoms with Crippen molar-refractivity contribution in [2.24, 2.45) is 0 Å². The Hall–Kier alpha value is -2.83. The van der Waals surface area contributed by atoms with E-state index in [0.29, 0.717) is 18.1 Å². The van der Waals surface area contributed by atoms with Crippen LogP contribution >= 0.6 is 0 Å². The summed E-state index contributed by atoms with van der Waals surface area (Å²) in [6.45, 7) is 5.01. The van der Waals surface area contributed by atoms with E-state index in [1.54, 1.807) is 12.1 Å². The van der Waals surface area contributed by atoms with E-state index in [1.807, 2.05) is 30.3 Å². The van der Waals surface area contributed by atoms with Crippen molar-refractivity contribution in [2.45, 2.75) is 6.61 Å². The molecule has 0 saturated carbocycles. The Kier molecular flexibility index (Phi) is 5.89. The Balaban J connectivity index is 1.26. The third-order valence-corrected chi connectivity index (χ3v) is 4.80. The van der Waals surface area contributed by atoms with E-state index in [4.69, 9.17) is 13.9 Å². The highest BCUT2D eigenvalue weighted by Gasteiger charge is 2.13. The minimum atomic E-state index is -0.204. The summed E-state index contributed by atoms with van der Waals surface area (Å²) in [7, 11) is 0. The number of hydrogen-bond donors (Lipinski definition) is 1. The molecule has 3 aromatic rings. The molecular formula is C22H24N2O4. The summed E-state index contributed by atoms with van der Waals surface area (Å²) in [4.78, 5) is 14.5. The number of nitrogens with zero attached hydrogens (tertiary/aromatic N) is 1. The van der Waals surface area contributed by atoms with Crippen molar-refractivity contribution in [1.29, 1.82) is 0 Å². The average Bonchev–Trinajstić information content (AvgIpc) is 3.22. The number of furan rings is 1. The van der Waals surface area contributed by atoms with Crippen LogP contribution in [0.1, 0.15) is 16.3 Å². The maximum absolute atomic E-state index is 12.2. The molecule has 0 spiro atoms. The van der Waals surface area contributed by atoms with Gasteiger partial charge in [-0.25, -0.2) is 0 Å². The molecule has 1 fully saturated rings. The monoisotopic (exact) mass is 380 g/mol. The van der Waals surface area contributed by atoms with Gasteiger partial charge in [0.1, 0.15) is 18.1 Å². The minimum absolute atomic E-state index is 0.204. The molecule has 1 N–H and O–H groups in total. The zero-order valence-electron chi connectivity index (χ0n) is 15.7. The number of morpholine rings is 1. The molecule has 1 saturated heterocycles. The highest BCUT2D eigenvalue weighted by atomic mass is 16.5. The van der Waals surface area contributed by atoms with Crippen molar-refractivity contribution in [3.8, 4) is 5.75 Å². The number of nitrogens with one attached hydrogen (secondary N) is 1. The summed E-state index contributed by atoms with van der Waals surface area (Å²) in [5.41, 5.74) is 0. The Morgan fingerprint density at radius 2 is 1.86 bits per heavy atom. The van der Waals surface area contributed by atoms with Gasteiger partial charge in [-0.3, -0.25) is 9.69 Å². The van der Waals surface area contributed by atoms with E-state index >= 15 is 0 Å². The van der Waals surface area contributed by atoms with Gasteiger partial charge in [0.15, 0.2) is 5.76 Å². The summed E-state index contributed by atoms with van der Waals surface area (Å²) in [5.74, 6) is 1.49. The van der Waals surface area contributed by atoms with Crippen LogP contribution in [0.15, 0.2) is 59.0 Å². The summed E-state index contributed by atoms with van der Waals surface area (Å²) >= 11 is 0. The first kappa shape index (κ1) is 18.5. The van der Waals surface area contributed by atoms with E-state index in [2.05, 4.69) is 22.3 Å². The quantitative estimate of drug-likeness (QED) is 0.682. The lowest BCUT2D eigenvalue weighted by Gasteiger charge is -2.26. The first-order valence-corrected chi connectivity index (χ1v) is 9.56. The van der Waals surface area contributed by atoms with Gasteiger partial charge in [-0.2, -0.15) is 0 Å². The van der Waals surface area contributed by atoms with E-state index in [9.17, 15) is 4.79 Å². The van der Waals surface area contributed by atoms with Crippen molar-refractivity contribution in [3.63, 3.8) is 0 Å². The number of benzene rings is 2. The van der Waals surface area contributed by atoms with Gasteiger partial charge in [-0.05, 0) is 35.0 Å². The molecule has 1 aliphatic heterocycles. The van der Waals surface area contributed by atoms with E-state index in [0.717, 1.165) is 44.0 Å². The maximum Gasteiger partial charge on any atom is 0.287 e. The Bertz CT molecular complexity index is 931. The molecule has 146 valence electrons. The fourth-order valence-electron chi connectivity index (χ4n) is 3.23. The number of carbonyl (C=O) groups is 1. The molecular weight excluding hydrogens is 356 g/mol. The smallest absolute Gasteiger partial charge is 0.287 e. The first-order chi connectivity index (χ1) is 13.8. The third kappa shape index (κ3) is 4.71. The van der Waals surface area contributed by atoms with Crippen LogP contribution in [0.2, 0.25) is 0 Å². The SMILES string of the molecule is O=C(NCCN1CCOCC1)c1ccc(COc2ccc3ccccc3c2)o1. The Labute approximate surface area is 164 Å². The molecule has 28 heavy (non-hydrogen) atoms. The van der Waals surface area contributed by atoms with Crippen molar-refractivity contribution in [1.82, 2.24) is 10.2 Å². The molecule has 0 unspecified atom stereocenters. The van der Waals surface area contributed by atoms with Crippen LogP contribution in [0, 0.1) is 0 Å². The van der Waals surface area contributed by atoms with Crippen LogP contribution in [0.25, 0.3) is 10.8 Å². The van der Waals surface area contributed by atoms with Gasteiger partial charge < -0.3 is 19.2 Å². The Morgan fingerprint density at radius 3 is 2.71 bits per heavy atom.